The van der Waals surface area contributed by atoms with Gasteiger partial charge in [-0.3, -0.25) is 4.79 Å². The maximum atomic E-state index is 12.1. The first-order chi connectivity index (χ1) is 9.56. The van der Waals surface area contributed by atoms with Gasteiger partial charge in [0.25, 0.3) is 0 Å². The van der Waals surface area contributed by atoms with Crippen LogP contribution in [0.25, 0.3) is 0 Å². The van der Waals surface area contributed by atoms with Gasteiger partial charge in [0.2, 0.25) is 5.91 Å². The van der Waals surface area contributed by atoms with Crippen molar-refractivity contribution in [2.24, 2.45) is 0 Å². The van der Waals surface area contributed by atoms with Crippen LogP contribution in [0.1, 0.15) is 30.1 Å². The number of carbonyl (C=O) groups excluding carboxylic acids is 1. The van der Waals surface area contributed by atoms with E-state index < -0.39 is 6.10 Å². The summed E-state index contributed by atoms with van der Waals surface area (Å²) >= 11 is 0. The van der Waals surface area contributed by atoms with Crippen molar-refractivity contribution >= 4 is 5.91 Å². The largest absolute Gasteiger partial charge is 0.388 e. The average Bonchev–Trinajstić information content (AvgIpc) is 2.46. The summed E-state index contributed by atoms with van der Waals surface area (Å²) in [5.74, 6) is 0.157. The summed E-state index contributed by atoms with van der Waals surface area (Å²) in [6.45, 7) is 5.50. The van der Waals surface area contributed by atoms with Crippen LogP contribution in [-0.4, -0.2) is 54.0 Å². The Labute approximate surface area is 121 Å². The fourth-order valence-electron chi connectivity index (χ4n) is 2.43. The molecule has 110 valence electrons. The van der Waals surface area contributed by atoms with Crippen LogP contribution in [0, 0.1) is 6.92 Å². The van der Waals surface area contributed by atoms with Gasteiger partial charge in [0.05, 0.1) is 6.10 Å². The Morgan fingerprint density at radius 3 is 2.40 bits per heavy atom. The van der Waals surface area contributed by atoms with Crippen LogP contribution in [0.3, 0.4) is 0 Å². The molecular formula is C16H24N2O2. The smallest absolute Gasteiger partial charge is 0.222 e. The van der Waals surface area contributed by atoms with Crippen LogP contribution in [0.15, 0.2) is 24.3 Å². The van der Waals surface area contributed by atoms with Gasteiger partial charge in [-0.05, 0) is 26.0 Å². The molecule has 1 aromatic rings. The third kappa shape index (κ3) is 4.05. The number of benzene rings is 1. The van der Waals surface area contributed by atoms with E-state index in [1.807, 2.05) is 36.1 Å². The molecule has 2 rings (SSSR count). The summed E-state index contributed by atoms with van der Waals surface area (Å²) < 4.78 is 0. The fraction of sp³-hybridized carbons (Fsp3) is 0.562. The molecule has 1 aliphatic rings. The topological polar surface area (TPSA) is 43.8 Å². The molecule has 4 heteroatoms. The minimum absolute atomic E-state index is 0.157. The molecule has 1 unspecified atom stereocenters. The van der Waals surface area contributed by atoms with Crippen molar-refractivity contribution in [3.8, 4) is 0 Å². The van der Waals surface area contributed by atoms with Crippen molar-refractivity contribution < 1.29 is 9.90 Å². The van der Waals surface area contributed by atoms with E-state index >= 15 is 0 Å². The van der Waals surface area contributed by atoms with Crippen LogP contribution in [0.5, 0.6) is 0 Å². The number of likely N-dealkylation sites (N-methyl/N-ethyl adjacent to an activating group) is 1. The summed E-state index contributed by atoms with van der Waals surface area (Å²) in [5, 5.41) is 10.1. The molecule has 0 radical (unpaired) electrons. The molecular weight excluding hydrogens is 252 g/mol. The van der Waals surface area contributed by atoms with Gasteiger partial charge >= 0.3 is 0 Å². The maximum Gasteiger partial charge on any atom is 0.222 e. The number of amides is 1. The number of nitrogens with zero attached hydrogens (tertiary/aromatic N) is 2. The van der Waals surface area contributed by atoms with Crippen LogP contribution in [0.2, 0.25) is 0 Å². The third-order valence-electron chi connectivity index (χ3n) is 3.95. The monoisotopic (exact) mass is 276 g/mol. The zero-order valence-corrected chi connectivity index (χ0v) is 12.4. The fourth-order valence-corrected chi connectivity index (χ4v) is 2.43. The van der Waals surface area contributed by atoms with E-state index in [9.17, 15) is 9.90 Å². The Morgan fingerprint density at radius 2 is 1.80 bits per heavy atom. The van der Waals surface area contributed by atoms with Gasteiger partial charge in [-0.15, -0.1) is 0 Å². The highest BCUT2D eigenvalue weighted by molar-refractivity contribution is 5.76. The van der Waals surface area contributed by atoms with Crippen LogP contribution < -0.4 is 0 Å². The Bertz CT molecular complexity index is 436. The van der Waals surface area contributed by atoms with Gasteiger partial charge in [-0.1, -0.05) is 29.8 Å². The normalized spacial score (nSPS) is 18.1. The molecule has 20 heavy (non-hydrogen) atoms. The Kier molecular flexibility index (Phi) is 5.15. The molecule has 0 bridgehead atoms. The lowest BCUT2D eigenvalue weighted by Crippen LogP contribution is -2.47. The Morgan fingerprint density at radius 1 is 1.20 bits per heavy atom. The number of hydrogen-bond donors (Lipinski definition) is 1. The van der Waals surface area contributed by atoms with E-state index in [0.29, 0.717) is 12.8 Å². The molecule has 0 aliphatic carbocycles. The predicted octanol–water partition coefficient (Wildman–Crippen LogP) is 1.58. The summed E-state index contributed by atoms with van der Waals surface area (Å²) in [6, 6.07) is 7.84. The van der Waals surface area contributed by atoms with E-state index in [2.05, 4.69) is 11.9 Å². The standard InChI is InChI=1S/C16H24N2O2/c1-13-3-5-14(6-4-13)15(19)7-8-16(20)18-11-9-17(2)10-12-18/h3-6,15,19H,7-12H2,1-2H3. The molecule has 0 saturated carbocycles. The van der Waals surface area contributed by atoms with E-state index in [1.54, 1.807) is 0 Å². The average molecular weight is 276 g/mol. The minimum atomic E-state index is -0.549. The van der Waals surface area contributed by atoms with Gasteiger partial charge in [0.15, 0.2) is 0 Å². The number of aliphatic hydroxyl groups excluding tert-OH is 1. The predicted molar refractivity (Wildman–Crippen MR) is 79.4 cm³/mol. The van der Waals surface area contributed by atoms with Gasteiger partial charge in [0, 0.05) is 32.6 Å². The quantitative estimate of drug-likeness (QED) is 0.908. The van der Waals surface area contributed by atoms with Crippen molar-refractivity contribution in [2.75, 3.05) is 33.2 Å². The summed E-state index contributed by atoms with van der Waals surface area (Å²) in [7, 11) is 2.07. The minimum Gasteiger partial charge on any atom is -0.388 e. The number of carbonyl (C=O) groups is 1. The maximum absolute atomic E-state index is 12.1. The molecule has 1 aliphatic heterocycles. The highest BCUT2D eigenvalue weighted by atomic mass is 16.3. The summed E-state index contributed by atoms with van der Waals surface area (Å²) in [4.78, 5) is 16.2. The zero-order chi connectivity index (χ0) is 14.5. The van der Waals surface area contributed by atoms with E-state index in [-0.39, 0.29) is 5.91 Å². The molecule has 0 aromatic heterocycles. The van der Waals surface area contributed by atoms with Crippen molar-refractivity contribution in [2.45, 2.75) is 25.9 Å². The van der Waals surface area contributed by atoms with Gasteiger partial charge in [-0.2, -0.15) is 0 Å². The van der Waals surface area contributed by atoms with Crippen LogP contribution in [-0.2, 0) is 4.79 Å². The van der Waals surface area contributed by atoms with Gasteiger partial charge < -0.3 is 14.9 Å². The molecule has 1 heterocycles. The molecule has 1 atom stereocenters. The SMILES string of the molecule is Cc1ccc(C(O)CCC(=O)N2CCN(C)CC2)cc1. The van der Waals surface area contributed by atoms with Crippen molar-refractivity contribution in [3.63, 3.8) is 0 Å². The van der Waals surface area contributed by atoms with Gasteiger partial charge in [0.1, 0.15) is 0 Å². The number of aryl methyl sites for hydroxylation is 1. The number of aliphatic hydroxyl groups is 1. The number of piperazine rings is 1. The molecule has 0 spiro atoms. The molecule has 1 saturated heterocycles. The van der Waals surface area contributed by atoms with Crippen LogP contribution >= 0.6 is 0 Å². The molecule has 1 N–H and O–H groups in total. The number of rotatable bonds is 4. The van der Waals surface area contributed by atoms with Crippen molar-refractivity contribution in [1.29, 1.82) is 0 Å². The highest BCUT2D eigenvalue weighted by Crippen LogP contribution is 2.19. The number of hydrogen-bond acceptors (Lipinski definition) is 3. The van der Waals surface area contributed by atoms with Gasteiger partial charge in [-0.25, -0.2) is 0 Å². The second kappa shape index (κ2) is 6.86. The lowest BCUT2D eigenvalue weighted by atomic mass is 10.0. The molecule has 1 amide bonds. The van der Waals surface area contributed by atoms with E-state index in [4.69, 9.17) is 0 Å². The first kappa shape index (κ1) is 15.0. The van der Waals surface area contributed by atoms with E-state index in [1.165, 1.54) is 5.56 Å². The third-order valence-corrected chi connectivity index (χ3v) is 3.95. The lowest BCUT2D eigenvalue weighted by Gasteiger charge is -2.32. The zero-order valence-electron chi connectivity index (χ0n) is 12.4. The summed E-state index contributed by atoms with van der Waals surface area (Å²) in [5.41, 5.74) is 2.07. The molecule has 4 nitrogen and oxygen atoms in total. The van der Waals surface area contributed by atoms with Crippen molar-refractivity contribution in [1.82, 2.24) is 9.80 Å². The summed E-state index contributed by atoms with van der Waals surface area (Å²) in [6.07, 6.45) is 0.361. The first-order valence-electron chi connectivity index (χ1n) is 7.27. The molecule has 1 fully saturated rings. The van der Waals surface area contributed by atoms with Crippen LogP contribution in [0.4, 0.5) is 0 Å². The first-order valence-corrected chi connectivity index (χ1v) is 7.27. The Balaban J connectivity index is 1.79. The highest BCUT2D eigenvalue weighted by Gasteiger charge is 2.19. The molecule has 1 aromatic carbocycles. The second-order valence-electron chi connectivity index (χ2n) is 5.65. The second-order valence-corrected chi connectivity index (χ2v) is 5.65. The lowest BCUT2D eigenvalue weighted by molar-refractivity contribution is -0.133. The van der Waals surface area contributed by atoms with Crippen molar-refractivity contribution in [3.05, 3.63) is 35.4 Å². The van der Waals surface area contributed by atoms with E-state index in [0.717, 1.165) is 31.7 Å². The Hall–Kier alpha value is -1.39.